The third-order valence-corrected chi connectivity index (χ3v) is 0. The Labute approximate surface area is 115 Å². The Morgan fingerprint density at radius 3 is 1.00 bits per heavy atom. The van der Waals surface area contributed by atoms with E-state index in [-0.39, 0.29) is 118 Å². The first-order valence-electron chi connectivity index (χ1n) is 0. The van der Waals surface area contributed by atoms with Crippen molar-refractivity contribution in [2.24, 2.45) is 0 Å². The number of rotatable bonds is 0. The Hall–Kier alpha value is 3.84. The average molecular weight is 223 g/mol. The minimum Gasteiger partial charge on any atom is 0 e. The van der Waals surface area contributed by atoms with Crippen LogP contribution in [0.15, 0.2) is 0 Å². The van der Waals surface area contributed by atoms with Gasteiger partial charge in [-0.3, -0.25) is 0 Å². The Balaban J connectivity index is 0. The molecule has 25 valence electrons. The molecule has 5 heavy (non-hydrogen) atoms. The van der Waals surface area contributed by atoms with Crippen molar-refractivity contribution in [2.45, 2.75) is 0 Å². The summed E-state index contributed by atoms with van der Waals surface area (Å²) in [5.41, 5.74) is 0. The molecule has 0 aliphatic heterocycles. The van der Waals surface area contributed by atoms with Crippen LogP contribution in [0.25, 0.3) is 0 Å². The minimum absolute atomic E-state index is 0. The van der Waals surface area contributed by atoms with E-state index < -0.39 is 0 Å². The molecule has 0 fully saturated rings. The van der Waals surface area contributed by atoms with Crippen molar-refractivity contribution >= 4 is 60.8 Å². The standard InChI is InChI=1S/Ca.Fe.Mg.Ti.V.4H. The summed E-state index contributed by atoms with van der Waals surface area (Å²) in [6.45, 7) is 0. The monoisotopic (exact) mass is 223 g/mol. The molecule has 0 saturated carbocycles. The van der Waals surface area contributed by atoms with Crippen LogP contribution in [0.4, 0.5) is 0 Å². The summed E-state index contributed by atoms with van der Waals surface area (Å²) >= 11 is 0. The maximum absolute atomic E-state index is 0. The van der Waals surface area contributed by atoms with E-state index >= 15 is 0 Å². The van der Waals surface area contributed by atoms with E-state index in [0.717, 1.165) is 0 Å². The second-order valence-electron chi connectivity index (χ2n) is 0. The van der Waals surface area contributed by atoms with Gasteiger partial charge in [0.2, 0.25) is 0 Å². The van der Waals surface area contributed by atoms with Crippen molar-refractivity contribution in [2.75, 3.05) is 0 Å². The largest absolute Gasteiger partial charge is 0.316 e. The van der Waals surface area contributed by atoms with E-state index in [1.165, 1.54) is 0 Å². The Morgan fingerprint density at radius 2 is 1.00 bits per heavy atom. The molecule has 0 heterocycles. The van der Waals surface area contributed by atoms with Gasteiger partial charge in [0.1, 0.15) is 0 Å². The maximum Gasteiger partial charge on any atom is 0.316 e. The van der Waals surface area contributed by atoms with Crippen LogP contribution >= 0.6 is 0 Å². The summed E-state index contributed by atoms with van der Waals surface area (Å²) in [6.07, 6.45) is 0. The van der Waals surface area contributed by atoms with Gasteiger partial charge in [0, 0.05) is 57.3 Å². The molecule has 0 aromatic carbocycles. The van der Waals surface area contributed by atoms with Crippen molar-refractivity contribution in [1.29, 1.82) is 0 Å². The van der Waals surface area contributed by atoms with Crippen LogP contribution in [0.1, 0.15) is 0 Å². The third kappa shape index (κ3) is 18.1. The van der Waals surface area contributed by atoms with Crippen molar-refractivity contribution in [1.82, 2.24) is 0 Å². The predicted molar refractivity (Wildman–Crippen MR) is 17.1 cm³/mol. The summed E-state index contributed by atoms with van der Waals surface area (Å²) in [4.78, 5) is 0. The molecule has 1 radical (unpaired) electrons. The second kappa shape index (κ2) is 24.9. The molecule has 0 aliphatic rings. The smallest absolute Gasteiger partial charge is 0 e. The fourth-order valence-corrected chi connectivity index (χ4v) is 0. The Kier molecular flexibility index (Phi) is 183. The molecule has 0 N–H and O–H groups in total. The summed E-state index contributed by atoms with van der Waals surface area (Å²) in [6, 6.07) is 0. The summed E-state index contributed by atoms with van der Waals surface area (Å²) in [5.74, 6) is 0. The van der Waals surface area contributed by atoms with Crippen LogP contribution in [0.2, 0.25) is 0 Å². The van der Waals surface area contributed by atoms with Crippen LogP contribution in [-0.2, 0) is 57.3 Å². The fraction of sp³-hybridized carbons (Fsp3) is 0. The number of hydrogen-bond donors (Lipinski definition) is 0. The molecular weight excluding hydrogens is 219 g/mol. The van der Waals surface area contributed by atoms with Crippen LogP contribution < -0.4 is 0 Å². The van der Waals surface area contributed by atoms with Crippen molar-refractivity contribution < 1.29 is 57.3 Å². The molecule has 0 aromatic rings. The van der Waals surface area contributed by atoms with Crippen LogP contribution in [0.5, 0.6) is 0 Å². The van der Waals surface area contributed by atoms with Gasteiger partial charge >= 0.3 is 60.8 Å². The maximum atomic E-state index is 0. The van der Waals surface area contributed by atoms with Gasteiger partial charge < -0.3 is 0 Å². The van der Waals surface area contributed by atoms with Crippen molar-refractivity contribution in [3.63, 3.8) is 0 Å². The molecule has 0 spiro atoms. The van der Waals surface area contributed by atoms with Crippen LogP contribution in [0.3, 0.4) is 0 Å². The van der Waals surface area contributed by atoms with Gasteiger partial charge in [0.15, 0.2) is 0 Å². The van der Waals surface area contributed by atoms with E-state index in [9.17, 15) is 0 Å². The zero-order valence-electron chi connectivity index (χ0n) is 1.30. The molecular formula is H4CaFeMgTiV. The third-order valence-electron chi connectivity index (χ3n) is 0. The molecule has 0 rings (SSSR count). The molecule has 0 atom stereocenters. The van der Waals surface area contributed by atoms with Gasteiger partial charge in [-0.05, 0) is 0 Å². The zero-order valence-corrected chi connectivity index (χ0v) is 5.36. The molecule has 0 amide bonds. The quantitative estimate of drug-likeness (QED) is 0.423. The molecule has 5 heteroatoms. The molecule has 0 unspecified atom stereocenters. The number of hydrogen-bond acceptors (Lipinski definition) is 0. The normalized spacial score (nSPS) is 0. The van der Waals surface area contributed by atoms with Crippen molar-refractivity contribution in [3.8, 4) is 0 Å². The first-order valence-corrected chi connectivity index (χ1v) is 0. The Bertz CT molecular complexity index is 11.6. The van der Waals surface area contributed by atoms with E-state index in [0.29, 0.717) is 0 Å². The van der Waals surface area contributed by atoms with Crippen molar-refractivity contribution in [3.05, 3.63) is 0 Å². The minimum atomic E-state index is 0. The summed E-state index contributed by atoms with van der Waals surface area (Å²) in [5, 5.41) is 0. The van der Waals surface area contributed by atoms with Gasteiger partial charge in [-0.25, -0.2) is 0 Å². The summed E-state index contributed by atoms with van der Waals surface area (Å²) < 4.78 is 0. The van der Waals surface area contributed by atoms with Gasteiger partial charge in [0.25, 0.3) is 0 Å². The van der Waals surface area contributed by atoms with Crippen LogP contribution in [0, 0.1) is 0 Å². The molecule has 0 nitrogen and oxygen atoms in total. The Morgan fingerprint density at radius 1 is 1.00 bits per heavy atom. The van der Waals surface area contributed by atoms with E-state index in [1.54, 1.807) is 0 Å². The fourth-order valence-electron chi connectivity index (χ4n) is 0. The van der Waals surface area contributed by atoms with Crippen LogP contribution in [-0.4, -0.2) is 60.8 Å². The molecule has 0 saturated heterocycles. The van der Waals surface area contributed by atoms with Gasteiger partial charge in [-0.2, -0.15) is 0 Å². The molecule has 0 aromatic heterocycles. The SMILES string of the molecule is [CaH2].[Fe].[MgH2].[Ti].[V]. The average Bonchev–Trinajstić information content (AvgIpc) is 0. The molecule has 0 aliphatic carbocycles. The predicted octanol–water partition coefficient (Wildman–Crippen LogP) is -1.84. The molecule has 0 bridgehead atoms. The van der Waals surface area contributed by atoms with Gasteiger partial charge in [0.05, 0.1) is 0 Å². The summed E-state index contributed by atoms with van der Waals surface area (Å²) in [7, 11) is 0. The van der Waals surface area contributed by atoms with Gasteiger partial charge in [-0.15, -0.1) is 0 Å². The second-order valence-corrected chi connectivity index (χ2v) is 0. The zero-order chi connectivity index (χ0) is 0. The first-order chi connectivity index (χ1) is 0. The van der Waals surface area contributed by atoms with E-state index in [4.69, 9.17) is 0 Å². The van der Waals surface area contributed by atoms with E-state index in [1.807, 2.05) is 0 Å². The van der Waals surface area contributed by atoms with Gasteiger partial charge in [-0.1, -0.05) is 0 Å². The van der Waals surface area contributed by atoms with E-state index in [2.05, 4.69) is 0 Å². The topological polar surface area (TPSA) is 0 Å². The first kappa shape index (κ1) is 36.8.